The highest BCUT2D eigenvalue weighted by Crippen LogP contribution is 2.57. The molecule has 6 nitrogen and oxygen atoms in total. The highest BCUT2D eigenvalue weighted by Gasteiger charge is 2.59. The average Bonchev–Trinajstić information content (AvgIpc) is 3.19. The summed E-state index contributed by atoms with van der Waals surface area (Å²) in [5.41, 5.74) is 0.367. The summed E-state index contributed by atoms with van der Waals surface area (Å²) in [6, 6.07) is 7.79. The van der Waals surface area contributed by atoms with Crippen LogP contribution in [0.1, 0.15) is 69.7 Å². The second kappa shape index (κ2) is 7.58. The van der Waals surface area contributed by atoms with E-state index in [2.05, 4.69) is 15.6 Å². The van der Waals surface area contributed by atoms with E-state index < -0.39 is 5.60 Å². The van der Waals surface area contributed by atoms with Crippen molar-refractivity contribution < 1.29 is 14.3 Å². The van der Waals surface area contributed by atoms with Gasteiger partial charge in [0, 0.05) is 17.3 Å². The molecule has 4 aliphatic carbocycles. The number of pyridine rings is 1. The summed E-state index contributed by atoms with van der Waals surface area (Å²) in [5, 5.41) is 8.61. The van der Waals surface area contributed by atoms with Crippen molar-refractivity contribution in [2.45, 2.75) is 76.0 Å². The van der Waals surface area contributed by atoms with E-state index in [9.17, 15) is 9.59 Å². The number of rotatable bonds is 4. The topological polar surface area (TPSA) is 80.3 Å². The van der Waals surface area contributed by atoms with Crippen molar-refractivity contribution in [2.24, 2.45) is 11.8 Å². The van der Waals surface area contributed by atoms with E-state index >= 15 is 0 Å². The Morgan fingerprint density at radius 3 is 2.31 bits per heavy atom. The molecule has 170 valence electrons. The molecule has 2 N–H and O–H groups in total. The highest BCUT2D eigenvalue weighted by molar-refractivity contribution is 7.13. The summed E-state index contributed by atoms with van der Waals surface area (Å²) >= 11 is 1.63. The van der Waals surface area contributed by atoms with Crippen molar-refractivity contribution in [1.82, 2.24) is 15.6 Å². The van der Waals surface area contributed by atoms with Crippen LogP contribution >= 0.6 is 11.3 Å². The number of nitrogens with one attached hydrogen (secondary N) is 2. The Hall–Kier alpha value is -2.41. The van der Waals surface area contributed by atoms with E-state index in [4.69, 9.17) is 4.74 Å². The fraction of sp³-hybridized carbons (Fsp3) is 0.560. The molecule has 2 heterocycles. The number of hydrogen-bond acceptors (Lipinski definition) is 5. The molecular formula is C25H31N3O3S. The molecule has 2 aromatic heterocycles. The van der Waals surface area contributed by atoms with Crippen molar-refractivity contribution in [2.75, 3.05) is 0 Å². The first kappa shape index (κ1) is 21.4. The zero-order valence-corrected chi connectivity index (χ0v) is 19.8. The number of amides is 2. The lowest BCUT2D eigenvalue weighted by molar-refractivity contribution is -0.0509. The largest absolute Gasteiger partial charge is 0.444 e. The number of hydrogen-bond donors (Lipinski definition) is 2. The van der Waals surface area contributed by atoms with Gasteiger partial charge in [0.2, 0.25) is 0 Å². The lowest BCUT2D eigenvalue weighted by Gasteiger charge is -2.62. The van der Waals surface area contributed by atoms with Crippen molar-refractivity contribution in [1.29, 1.82) is 0 Å². The molecule has 0 aromatic carbocycles. The summed E-state index contributed by atoms with van der Waals surface area (Å²) in [6.45, 7) is 5.64. The maximum atomic E-state index is 13.2. The van der Waals surface area contributed by atoms with Crippen LogP contribution in [-0.4, -0.2) is 33.7 Å². The normalized spacial score (nSPS) is 30.7. The number of alkyl carbamates (subject to hydrolysis) is 1. The Morgan fingerprint density at radius 2 is 1.75 bits per heavy atom. The number of carbonyl (C=O) groups excluding carboxylic acids is 2. The molecule has 0 radical (unpaired) electrons. The summed E-state index contributed by atoms with van der Waals surface area (Å²) in [4.78, 5) is 31.4. The first-order chi connectivity index (χ1) is 15.1. The molecular weight excluding hydrogens is 422 g/mol. The first-order valence-electron chi connectivity index (χ1n) is 11.5. The van der Waals surface area contributed by atoms with E-state index in [0.29, 0.717) is 17.4 Å². The molecule has 2 atom stereocenters. The first-order valence-corrected chi connectivity index (χ1v) is 12.3. The van der Waals surface area contributed by atoms with Crippen molar-refractivity contribution in [3.63, 3.8) is 0 Å². The number of carbonyl (C=O) groups is 2. The summed E-state index contributed by atoms with van der Waals surface area (Å²) in [6.07, 6.45) is 7.16. The lowest BCUT2D eigenvalue weighted by atomic mass is 9.50. The molecule has 0 aliphatic heterocycles. The van der Waals surface area contributed by atoms with E-state index in [1.165, 1.54) is 6.42 Å². The Labute approximate surface area is 193 Å². The third-order valence-electron chi connectivity index (χ3n) is 7.01. The number of aromatic nitrogens is 1. The van der Waals surface area contributed by atoms with Crippen LogP contribution in [0.3, 0.4) is 0 Å². The van der Waals surface area contributed by atoms with Crippen LogP contribution in [0, 0.1) is 11.8 Å². The van der Waals surface area contributed by atoms with E-state index in [1.54, 1.807) is 17.5 Å². The van der Waals surface area contributed by atoms with Gasteiger partial charge in [0.15, 0.2) is 0 Å². The van der Waals surface area contributed by atoms with Crippen LogP contribution in [-0.2, 0) is 4.74 Å². The van der Waals surface area contributed by atoms with E-state index in [0.717, 1.165) is 42.7 Å². The molecule has 2 aromatic rings. The van der Waals surface area contributed by atoms with Gasteiger partial charge in [-0.3, -0.25) is 9.78 Å². The molecule has 2 unspecified atom stereocenters. The lowest BCUT2D eigenvalue weighted by Crippen LogP contribution is -2.70. The van der Waals surface area contributed by atoms with Crippen LogP contribution < -0.4 is 10.6 Å². The predicted molar refractivity (Wildman–Crippen MR) is 125 cm³/mol. The third-order valence-corrected chi connectivity index (χ3v) is 7.90. The van der Waals surface area contributed by atoms with Gasteiger partial charge in [-0.25, -0.2) is 4.79 Å². The fourth-order valence-corrected chi connectivity index (χ4v) is 7.19. The molecule has 6 rings (SSSR count). The van der Waals surface area contributed by atoms with Gasteiger partial charge in [-0.15, -0.1) is 11.3 Å². The van der Waals surface area contributed by atoms with Gasteiger partial charge in [0.1, 0.15) is 5.60 Å². The molecule has 4 saturated carbocycles. The summed E-state index contributed by atoms with van der Waals surface area (Å²) in [7, 11) is 0. The summed E-state index contributed by atoms with van der Waals surface area (Å²) < 4.78 is 5.56. The Morgan fingerprint density at radius 1 is 1.06 bits per heavy atom. The van der Waals surface area contributed by atoms with Gasteiger partial charge < -0.3 is 15.4 Å². The minimum Gasteiger partial charge on any atom is -0.444 e. The molecule has 4 aliphatic rings. The van der Waals surface area contributed by atoms with Gasteiger partial charge in [-0.2, -0.15) is 0 Å². The zero-order valence-electron chi connectivity index (χ0n) is 18.9. The van der Waals surface area contributed by atoms with Crippen LogP contribution in [0.15, 0.2) is 35.8 Å². The maximum Gasteiger partial charge on any atom is 0.408 e. The second-order valence-electron chi connectivity index (χ2n) is 11.0. The van der Waals surface area contributed by atoms with Crippen molar-refractivity contribution in [3.05, 3.63) is 41.4 Å². The monoisotopic (exact) mass is 453 g/mol. The van der Waals surface area contributed by atoms with Crippen LogP contribution in [0.4, 0.5) is 4.79 Å². The molecule has 2 amide bonds. The minimum atomic E-state index is -0.527. The van der Waals surface area contributed by atoms with E-state index in [-0.39, 0.29) is 23.1 Å². The van der Waals surface area contributed by atoms with Gasteiger partial charge in [0.05, 0.1) is 16.1 Å². The summed E-state index contributed by atoms with van der Waals surface area (Å²) in [5.74, 6) is 0.959. The third kappa shape index (κ3) is 4.27. The molecule has 4 fully saturated rings. The van der Waals surface area contributed by atoms with E-state index in [1.807, 2.05) is 50.4 Å². The highest BCUT2D eigenvalue weighted by atomic mass is 32.1. The fourth-order valence-electron chi connectivity index (χ4n) is 6.49. The van der Waals surface area contributed by atoms with Gasteiger partial charge in [0.25, 0.3) is 5.91 Å². The van der Waals surface area contributed by atoms with Crippen LogP contribution in [0.2, 0.25) is 0 Å². The Balaban J connectivity index is 1.31. The standard InChI is InChI=1S/C25H31N3O3S/c1-23(2,3)31-22(30)28-25-12-16-9-17(13-25)11-24(10-16,15-25)27-21(29)18-6-7-19(26-14-18)20-5-4-8-32-20/h4-8,14,16-17H,9-13,15H2,1-3H3,(H,27,29)(H,28,30). The molecule has 0 spiro atoms. The zero-order chi connectivity index (χ0) is 22.6. The molecule has 32 heavy (non-hydrogen) atoms. The predicted octanol–water partition coefficient (Wildman–Crippen LogP) is 5.16. The molecule has 4 bridgehead atoms. The quantitative estimate of drug-likeness (QED) is 0.670. The molecule has 7 heteroatoms. The van der Waals surface area contributed by atoms with Crippen LogP contribution in [0.25, 0.3) is 10.6 Å². The minimum absolute atomic E-state index is 0.0791. The van der Waals surface area contributed by atoms with Gasteiger partial charge in [-0.05, 0) is 94.7 Å². The number of ether oxygens (including phenoxy) is 1. The maximum absolute atomic E-state index is 13.2. The SMILES string of the molecule is CC(C)(C)OC(=O)NC12CC3CC(C1)CC(NC(=O)c1ccc(-c4cccs4)nc1)(C3)C2. The van der Waals surface area contributed by atoms with Crippen molar-refractivity contribution in [3.8, 4) is 10.6 Å². The average molecular weight is 454 g/mol. The number of nitrogens with zero attached hydrogens (tertiary/aromatic N) is 1. The smallest absolute Gasteiger partial charge is 0.408 e. The second-order valence-corrected chi connectivity index (χ2v) is 12.0. The van der Waals surface area contributed by atoms with Crippen LogP contribution in [0.5, 0.6) is 0 Å². The van der Waals surface area contributed by atoms with Gasteiger partial charge in [-0.1, -0.05) is 6.07 Å². The van der Waals surface area contributed by atoms with Crippen molar-refractivity contribution >= 4 is 23.3 Å². The Kier molecular flexibility index (Phi) is 5.08. The van der Waals surface area contributed by atoms with Gasteiger partial charge >= 0.3 is 6.09 Å². The number of thiophene rings is 1. The molecule has 0 saturated heterocycles. The Bertz CT molecular complexity index is 996.